The molecule has 0 bridgehead atoms. The van der Waals surface area contributed by atoms with Crippen LogP contribution in [0.15, 0.2) is 57.7 Å². The largest absolute Gasteiger partial charge is 0.496 e. The van der Waals surface area contributed by atoms with Crippen LogP contribution in [0.25, 0.3) is 11.0 Å². The minimum atomic E-state index is -0.415. The lowest BCUT2D eigenvalue weighted by Gasteiger charge is -2.09. The highest BCUT2D eigenvalue weighted by molar-refractivity contribution is 5.99. The van der Waals surface area contributed by atoms with E-state index in [-0.39, 0.29) is 12.4 Å². The van der Waals surface area contributed by atoms with Gasteiger partial charge in [0.2, 0.25) is 5.78 Å². The summed E-state index contributed by atoms with van der Waals surface area (Å²) in [5.74, 6) is 0.768. The van der Waals surface area contributed by atoms with Crippen molar-refractivity contribution in [1.82, 2.24) is 0 Å². The van der Waals surface area contributed by atoms with Crippen LogP contribution in [0.2, 0.25) is 0 Å². The fraction of sp³-hybridized carbons (Fsp3) is 0.158. The number of hydrogen-bond acceptors (Lipinski definition) is 5. The lowest BCUT2D eigenvalue weighted by molar-refractivity contribution is 0.0918. The van der Waals surface area contributed by atoms with Gasteiger partial charge in [-0.15, -0.1) is 0 Å². The van der Waals surface area contributed by atoms with Crippen LogP contribution in [0, 0.1) is 6.92 Å². The second-order valence-corrected chi connectivity index (χ2v) is 5.32. The van der Waals surface area contributed by atoms with E-state index in [1.807, 2.05) is 6.92 Å². The SMILES string of the molecule is COc1ccccc1C(=O)COc1ccc2c(C)cc(=O)oc2c1. The van der Waals surface area contributed by atoms with Crippen molar-refractivity contribution < 1.29 is 18.7 Å². The Balaban J connectivity index is 1.80. The molecule has 3 aromatic rings. The lowest BCUT2D eigenvalue weighted by atomic mass is 10.1. The number of aryl methyl sites for hydroxylation is 1. The predicted molar refractivity (Wildman–Crippen MR) is 90.0 cm³/mol. The van der Waals surface area contributed by atoms with E-state index in [1.54, 1.807) is 42.5 Å². The van der Waals surface area contributed by atoms with Crippen LogP contribution in [0.1, 0.15) is 15.9 Å². The van der Waals surface area contributed by atoms with E-state index in [4.69, 9.17) is 13.9 Å². The highest BCUT2D eigenvalue weighted by atomic mass is 16.5. The van der Waals surface area contributed by atoms with Gasteiger partial charge in [0.1, 0.15) is 17.1 Å². The zero-order chi connectivity index (χ0) is 17.1. The van der Waals surface area contributed by atoms with Gasteiger partial charge in [0, 0.05) is 17.5 Å². The Kier molecular flexibility index (Phi) is 4.33. The van der Waals surface area contributed by atoms with Crippen LogP contribution < -0.4 is 15.1 Å². The number of Topliss-reactive ketones (excluding diaryl/α,β-unsaturated/α-hetero) is 1. The Morgan fingerprint density at radius 3 is 2.71 bits per heavy atom. The molecule has 3 rings (SSSR count). The standard InChI is InChI=1S/C19H16O5/c1-12-9-19(21)24-18-10-13(7-8-14(12)18)23-11-16(20)15-5-3-4-6-17(15)22-2/h3-10H,11H2,1-2H3. The van der Waals surface area contributed by atoms with Gasteiger partial charge in [-0.25, -0.2) is 4.79 Å². The van der Waals surface area contributed by atoms with Crippen LogP contribution in [0.4, 0.5) is 0 Å². The zero-order valence-corrected chi connectivity index (χ0v) is 13.4. The second kappa shape index (κ2) is 6.58. The Morgan fingerprint density at radius 2 is 1.92 bits per heavy atom. The van der Waals surface area contributed by atoms with E-state index in [0.717, 1.165) is 10.9 Å². The molecule has 0 saturated heterocycles. The van der Waals surface area contributed by atoms with Crippen molar-refractivity contribution in [2.24, 2.45) is 0 Å². The molecule has 2 aromatic carbocycles. The summed E-state index contributed by atoms with van der Waals surface area (Å²) in [6.07, 6.45) is 0. The van der Waals surface area contributed by atoms with Gasteiger partial charge in [0.05, 0.1) is 12.7 Å². The van der Waals surface area contributed by atoms with Gasteiger partial charge in [0.15, 0.2) is 6.61 Å². The molecule has 1 heterocycles. The highest BCUT2D eigenvalue weighted by Gasteiger charge is 2.12. The molecule has 0 unspecified atom stereocenters. The molecule has 122 valence electrons. The minimum absolute atomic E-state index is 0.137. The van der Waals surface area contributed by atoms with Gasteiger partial charge in [-0.1, -0.05) is 12.1 Å². The van der Waals surface area contributed by atoms with Crippen molar-refractivity contribution in [3.8, 4) is 11.5 Å². The summed E-state index contributed by atoms with van der Waals surface area (Å²) in [6.45, 7) is 1.70. The minimum Gasteiger partial charge on any atom is -0.496 e. The molecule has 0 radical (unpaired) electrons. The van der Waals surface area contributed by atoms with E-state index in [2.05, 4.69) is 0 Å². The third-order valence-corrected chi connectivity index (χ3v) is 3.70. The Bertz CT molecular complexity index is 955. The molecule has 0 aliphatic carbocycles. The van der Waals surface area contributed by atoms with Crippen molar-refractivity contribution >= 4 is 16.8 Å². The molecule has 0 aliphatic rings. The van der Waals surface area contributed by atoms with Crippen LogP contribution in [-0.2, 0) is 0 Å². The van der Waals surface area contributed by atoms with Crippen LogP contribution in [-0.4, -0.2) is 19.5 Å². The first kappa shape index (κ1) is 15.8. The number of para-hydroxylation sites is 1. The number of methoxy groups -OCH3 is 1. The molecule has 0 spiro atoms. The predicted octanol–water partition coefficient (Wildman–Crippen LogP) is 3.37. The van der Waals surface area contributed by atoms with Crippen molar-refractivity contribution in [2.45, 2.75) is 6.92 Å². The summed E-state index contributed by atoms with van der Waals surface area (Å²) in [5.41, 5.74) is 1.31. The molecule has 0 amide bonds. The monoisotopic (exact) mass is 324 g/mol. The summed E-state index contributed by atoms with van der Waals surface area (Å²) >= 11 is 0. The Hall–Kier alpha value is -3.08. The number of hydrogen-bond donors (Lipinski definition) is 0. The maximum atomic E-state index is 12.3. The van der Waals surface area contributed by atoms with Crippen LogP contribution in [0.3, 0.4) is 0 Å². The molecule has 5 nitrogen and oxygen atoms in total. The normalized spacial score (nSPS) is 10.6. The molecular formula is C19H16O5. The third-order valence-electron chi connectivity index (χ3n) is 3.70. The maximum Gasteiger partial charge on any atom is 0.336 e. The van der Waals surface area contributed by atoms with E-state index < -0.39 is 5.63 Å². The topological polar surface area (TPSA) is 65.7 Å². The van der Waals surface area contributed by atoms with Gasteiger partial charge in [-0.05, 0) is 36.8 Å². The number of ketones is 1. The maximum absolute atomic E-state index is 12.3. The van der Waals surface area contributed by atoms with Crippen molar-refractivity contribution in [2.75, 3.05) is 13.7 Å². The average molecular weight is 324 g/mol. The molecule has 1 aromatic heterocycles. The van der Waals surface area contributed by atoms with E-state index in [0.29, 0.717) is 22.6 Å². The molecule has 24 heavy (non-hydrogen) atoms. The number of carbonyl (C=O) groups excluding carboxylic acids is 1. The van der Waals surface area contributed by atoms with Crippen LogP contribution in [0.5, 0.6) is 11.5 Å². The molecular weight excluding hydrogens is 308 g/mol. The number of fused-ring (bicyclic) bond motifs is 1. The summed E-state index contributed by atoms with van der Waals surface area (Å²) in [5, 5.41) is 0.831. The van der Waals surface area contributed by atoms with Gasteiger partial charge in [-0.3, -0.25) is 4.79 Å². The van der Waals surface area contributed by atoms with E-state index in [9.17, 15) is 9.59 Å². The van der Waals surface area contributed by atoms with Gasteiger partial charge >= 0.3 is 5.63 Å². The summed E-state index contributed by atoms with van der Waals surface area (Å²) in [4.78, 5) is 23.8. The molecule has 0 aliphatic heterocycles. The first-order valence-electron chi connectivity index (χ1n) is 7.42. The van der Waals surface area contributed by atoms with Crippen molar-refractivity contribution in [3.63, 3.8) is 0 Å². The molecule has 5 heteroatoms. The average Bonchev–Trinajstić information content (AvgIpc) is 2.59. The first-order valence-corrected chi connectivity index (χ1v) is 7.42. The van der Waals surface area contributed by atoms with Crippen molar-refractivity contribution in [3.05, 3.63) is 70.1 Å². The Labute approximate surface area is 138 Å². The third kappa shape index (κ3) is 3.15. The molecule has 0 N–H and O–H groups in total. The van der Waals surface area contributed by atoms with Gasteiger partial charge < -0.3 is 13.9 Å². The van der Waals surface area contributed by atoms with Crippen molar-refractivity contribution in [1.29, 1.82) is 0 Å². The number of ether oxygens (including phenoxy) is 2. The number of carbonyl (C=O) groups is 1. The zero-order valence-electron chi connectivity index (χ0n) is 13.4. The first-order chi connectivity index (χ1) is 11.6. The summed E-state index contributed by atoms with van der Waals surface area (Å²) in [7, 11) is 1.51. The quantitative estimate of drug-likeness (QED) is 0.532. The van der Waals surface area contributed by atoms with Gasteiger partial charge in [0.25, 0.3) is 0 Å². The highest BCUT2D eigenvalue weighted by Crippen LogP contribution is 2.23. The number of rotatable bonds is 5. The van der Waals surface area contributed by atoms with Crippen LogP contribution >= 0.6 is 0 Å². The smallest absolute Gasteiger partial charge is 0.336 e. The second-order valence-electron chi connectivity index (χ2n) is 5.32. The van der Waals surface area contributed by atoms with E-state index >= 15 is 0 Å². The molecule has 0 fully saturated rings. The summed E-state index contributed by atoms with van der Waals surface area (Å²) in [6, 6.07) is 13.6. The van der Waals surface area contributed by atoms with Gasteiger partial charge in [-0.2, -0.15) is 0 Å². The molecule has 0 atom stereocenters. The van der Waals surface area contributed by atoms with E-state index in [1.165, 1.54) is 13.2 Å². The lowest BCUT2D eigenvalue weighted by Crippen LogP contribution is -2.12. The fourth-order valence-electron chi connectivity index (χ4n) is 2.50. The summed E-state index contributed by atoms with van der Waals surface area (Å²) < 4.78 is 15.9. The molecule has 0 saturated carbocycles. The number of benzene rings is 2. The fourth-order valence-corrected chi connectivity index (χ4v) is 2.50. The Morgan fingerprint density at radius 1 is 1.12 bits per heavy atom.